The summed E-state index contributed by atoms with van der Waals surface area (Å²) in [4.78, 5) is 16.6. The molecule has 0 bridgehead atoms. The first-order valence-electron chi connectivity index (χ1n) is 7.22. The Morgan fingerprint density at radius 1 is 1.33 bits per heavy atom. The van der Waals surface area contributed by atoms with Gasteiger partial charge in [0.15, 0.2) is 5.69 Å². The molecule has 1 aromatic heterocycles. The number of imidazole rings is 1. The van der Waals surface area contributed by atoms with E-state index in [1.807, 2.05) is 6.07 Å². The topological polar surface area (TPSA) is 61.9 Å². The van der Waals surface area contributed by atoms with Crippen molar-refractivity contribution in [2.75, 3.05) is 13.1 Å². The van der Waals surface area contributed by atoms with Crippen molar-refractivity contribution in [3.63, 3.8) is 0 Å². The van der Waals surface area contributed by atoms with Crippen LogP contribution in [0.1, 0.15) is 24.2 Å². The number of alkyl halides is 3. The first-order valence-corrected chi connectivity index (χ1v) is 7.22. The molecule has 0 spiro atoms. The molecule has 2 aromatic rings. The molecule has 0 N–H and O–H groups in total. The van der Waals surface area contributed by atoms with Gasteiger partial charge in [-0.25, -0.2) is 4.98 Å². The molecule has 0 atom stereocenters. The van der Waals surface area contributed by atoms with Crippen LogP contribution in [0.5, 0.6) is 0 Å². The van der Waals surface area contributed by atoms with Gasteiger partial charge in [0, 0.05) is 31.8 Å². The van der Waals surface area contributed by atoms with Gasteiger partial charge >= 0.3 is 6.18 Å². The van der Waals surface area contributed by atoms with Crippen LogP contribution < -0.4 is 0 Å². The lowest BCUT2D eigenvalue weighted by Crippen LogP contribution is -2.49. The number of hydrogen-bond donors (Lipinski definition) is 0. The summed E-state index contributed by atoms with van der Waals surface area (Å²) in [5.41, 5.74) is -0.413. The number of carbonyl (C=O) groups excluding carboxylic acids is 1. The van der Waals surface area contributed by atoms with Gasteiger partial charge in [-0.2, -0.15) is 18.4 Å². The van der Waals surface area contributed by atoms with Crippen LogP contribution >= 0.6 is 0 Å². The van der Waals surface area contributed by atoms with Crippen LogP contribution in [0.15, 0.2) is 30.5 Å². The number of nitriles is 1. The van der Waals surface area contributed by atoms with Crippen molar-refractivity contribution in [1.82, 2.24) is 14.5 Å². The molecule has 1 aromatic carbocycles. The maximum absolute atomic E-state index is 13.1. The van der Waals surface area contributed by atoms with Crippen LogP contribution in [0, 0.1) is 11.3 Å². The van der Waals surface area contributed by atoms with Gasteiger partial charge in [0.05, 0.1) is 17.7 Å². The van der Waals surface area contributed by atoms with E-state index in [1.165, 1.54) is 22.5 Å². The highest BCUT2D eigenvalue weighted by Gasteiger charge is 2.38. The second kappa shape index (κ2) is 5.67. The summed E-state index contributed by atoms with van der Waals surface area (Å²) in [6.45, 7) is 2.06. The maximum atomic E-state index is 13.1. The lowest BCUT2D eigenvalue weighted by atomic mass is 10.1. The molecule has 0 unspecified atom stereocenters. The van der Waals surface area contributed by atoms with Crippen LogP contribution in [-0.4, -0.2) is 33.4 Å². The van der Waals surface area contributed by atoms with E-state index >= 15 is 0 Å². The molecule has 5 nitrogen and oxygen atoms in total. The first kappa shape index (κ1) is 16.1. The van der Waals surface area contributed by atoms with E-state index < -0.39 is 11.9 Å². The minimum atomic E-state index is -4.58. The van der Waals surface area contributed by atoms with Gasteiger partial charge in [-0.1, -0.05) is 12.1 Å². The van der Waals surface area contributed by atoms with Crippen molar-refractivity contribution in [3.8, 4) is 17.5 Å². The molecule has 1 aliphatic rings. The summed E-state index contributed by atoms with van der Waals surface area (Å²) in [5.74, 6) is -0.0333. The summed E-state index contributed by atoms with van der Waals surface area (Å²) in [6.07, 6.45) is -3.63. The van der Waals surface area contributed by atoms with Gasteiger partial charge in [0.1, 0.15) is 5.82 Å². The molecule has 3 rings (SSSR count). The summed E-state index contributed by atoms with van der Waals surface area (Å²) in [6, 6.07) is 8.06. The quantitative estimate of drug-likeness (QED) is 0.848. The number of benzene rings is 1. The molecule has 1 saturated heterocycles. The van der Waals surface area contributed by atoms with Crippen LogP contribution in [0.25, 0.3) is 11.4 Å². The fourth-order valence-electron chi connectivity index (χ4n) is 2.67. The van der Waals surface area contributed by atoms with Gasteiger partial charge in [0.25, 0.3) is 0 Å². The lowest BCUT2D eigenvalue weighted by molar-refractivity contribution is -0.141. The highest BCUT2D eigenvalue weighted by molar-refractivity contribution is 5.74. The Balaban J connectivity index is 2.06. The molecule has 0 aliphatic carbocycles. The van der Waals surface area contributed by atoms with Crippen molar-refractivity contribution in [2.24, 2.45) is 0 Å². The van der Waals surface area contributed by atoms with E-state index in [4.69, 9.17) is 0 Å². The average molecular weight is 334 g/mol. The van der Waals surface area contributed by atoms with E-state index in [0.29, 0.717) is 18.7 Å². The number of rotatable bonds is 2. The zero-order chi connectivity index (χ0) is 17.5. The lowest BCUT2D eigenvalue weighted by Gasteiger charge is -2.39. The van der Waals surface area contributed by atoms with E-state index in [0.717, 1.165) is 6.20 Å². The first-order chi connectivity index (χ1) is 11.3. The van der Waals surface area contributed by atoms with Crippen molar-refractivity contribution < 1.29 is 18.0 Å². The standard InChI is InChI=1S/C16H13F3N4O/c1-10(24)22-7-12(8-22)23-9-14(16(17,18)19)21-15(23)13-5-3-2-4-11(13)6-20/h2-5,9,12H,7-8H2,1H3. The van der Waals surface area contributed by atoms with Crippen molar-refractivity contribution >= 4 is 5.91 Å². The fourth-order valence-corrected chi connectivity index (χ4v) is 2.67. The summed E-state index contributed by atoms with van der Waals surface area (Å²) in [7, 11) is 0. The van der Waals surface area contributed by atoms with Gasteiger partial charge in [0.2, 0.25) is 5.91 Å². The van der Waals surface area contributed by atoms with Crippen LogP contribution in [-0.2, 0) is 11.0 Å². The molecular weight excluding hydrogens is 321 g/mol. The van der Waals surface area contributed by atoms with E-state index in [2.05, 4.69) is 4.98 Å². The van der Waals surface area contributed by atoms with E-state index in [1.54, 1.807) is 18.2 Å². The highest BCUT2D eigenvalue weighted by Crippen LogP contribution is 2.35. The van der Waals surface area contributed by atoms with Gasteiger partial charge in [-0.15, -0.1) is 0 Å². The minimum Gasteiger partial charge on any atom is -0.339 e. The van der Waals surface area contributed by atoms with Crippen molar-refractivity contribution in [3.05, 3.63) is 41.7 Å². The smallest absolute Gasteiger partial charge is 0.339 e. The molecule has 1 aliphatic heterocycles. The molecule has 1 fully saturated rings. The molecule has 2 heterocycles. The third kappa shape index (κ3) is 2.73. The van der Waals surface area contributed by atoms with Crippen LogP contribution in [0.3, 0.4) is 0 Å². The molecule has 1 amide bonds. The third-order valence-corrected chi connectivity index (χ3v) is 4.01. The summed E-state index contributed by atoms with van der Waals surface area (Å²) < 4.78 is 40.6. The van der Waals surface area contributed by atoms with Crippen molar-refractivity contribution in [2.45, 2.75) is 19.1 Å². The maximum Gasteiger partial charge on any atom is 0.434 e. The zero-order valence-electron chi connectivity index (χ0n) is 12.7. The Labute approximate surface area is 135 Å². The van der Waals surface area contributed by atoms with E-state index in [-0.39, 0.29) is 23.3 Å². The zero-order valence-corrected chi connectivity index (χ0v) is 12.7. The van der Waals surface area contributed by atoms with E-state index in [9.17, 15) is 23.2 Å². The number of carbonyl (C=O) groups is 1. The average Bonchev–Trinajstić information content (AvgIpc) is 2.90. The predicted molar refractivity (Wildman–Crippen MR) is 78.7 cm³/mol. The number of hydrogen-bond acceptors (Lipinski definition) is 3. The van der Waals surface area contributed by atoms with Crippen LogP contribution in [0.2, 0.25) is 0 Å². The largest absolute Gasteiger partial charge is 0.434 e. The normalized spacial score (nSPS) is 15.0. The monoisotopic (exact) mass is 334 g/mol. The number of aromatic nitrogens is 2. The van der Waals surface area contributed by atoms with Gasteiger partial charge < -0.3 is 9.47 Å². The second-order valence-electron chi connectivity index (χ2n) is 5.59. The minimum absolute atomic E-state index is 0.0904. The summed E-state index contributed by atoms with van der Waals surface area (Å²) in [5, 5.41) is 9.20. The number of nitrogens with zero attached hydrogens (tertiary/aromatic N) is 4. The molecule has 124 valence electrons. The Bertz CT molecular complexity index is 829. The van der Waals surface area contributed by atoms with Gasteiger partial charge in [-0.05, 0) is 12.1 Å². The number of halogens is 3. The van der Waals surface area contributed by atoms with Crippen LogP contribution in [0.4, 0.5) is 13.2 Å². The molecule has 24 heavy (non-hydrogen) atoms. The SMILES string of the molecule is CC(=O)N1CC(n2cc(C(F)(F)F)nc2-c2ccccc2C#N)C1. The Kier molecular flexibility index (Phi) is 3.79. The number of likely N-dealkylation sites (tertiary alicyclic amines) is 1. The third-order valence-electron chi connectivity index (χ3n) is 4.01. The molecule has 8 heteroatoms. The molecular formula is C16H13F3N4O. The van der Waals surface area contributed by atoms with Gasteiger partial charge in [-0.3, -0.25) is 4.79 Å². The Morgan fingerprint density at radius 3 is 2.58 bits per heavy atom. The number of amides is 1. The highest BCUT2D eigenvalue weighted by atomic mass is 19.4. The fraction of sp³-hybridized carbons (Fsp3) is 0.312. The summed E-state index contributed by atoms with van der Waals surface area (Å²) >= 11 is 0. The molecule has 0 saturated carbocycles. The second-order valence-corrected chi connectivity index (χ2v) is 5.59. The Hall–Kier alpha value is -2.82. The Morgan fingerprint density at radius 2 is 2.00 bits per heavy atom. The molecule has 0 radical (unpaired) electrons. The predicted octanol–water partition coefficient (Wildman–Crippen LogP) is 2.84. The van der Waals surface area contributed by atoms with Crippen molar-refractivity contribution in [1.29, 1.82) is 5.26 Å².